The Morgan fingerprint density at radius 1 is 0.975 bits per heavy atom. The molecule has 1 aliphatic heterocycles. The summed E-state index contributed by atoms with van der Waals surface area (Å²) in [6, 6.07) is 16.0. The predicted octanol–water partition coefficient (Wildman–Crippen LogP) is 3.21. The van der Waals surface area contributed by atoms with Gasteiger partial charge in [0.2, 0.25) is 15.9 Å². The zero-order valence-electron chi connectivity index (χ0n) is 21.7. The van der Waals surface area contributed by atoms with Gasteiger partial charge in [0.25, 0.3) is 10.0 Å². The summed E-state index contributed by atoms with van der Waals surface area (Å²) in [7, 11) is -5.36. The van der Waals surface area contributed by atoms with Crippen LogP contribution < -0.4 is 19.1 Å². The van der Waals surface area contributed by atoms with Gasteiger partial charge in [0.1, 0.15) is 22.9 Å². The molecule has 11 nitrogen and oxygen atoms in total. The SMILES string of the molecule is COc1ccc(S(=O)(=O)N(CC(=O)Nc2ccc(OC)c(S(=O)(=O)N3CCOCC3)c2)c2cccc(Cl)c2)cc1. The quantitative estimate of drug-likeness (QED) is 0.371. The Morgan fingerprint density at radius 3 is 2.30 bits per heavy atom. The number of anilines is 2. The highest BCUT2D eigenvalue weighted by Gasteiger charge is 2.31. The number of ether oxygens (including phenoxy) is 3. The van der Waals surface area contributed by atoms with E-state index >= 15 is 0 Å². The molecule has 0 saturated carbocycles. The summed E-state index contributed by atoms with van der Waals surface area (Å²) in [4.78, 5) is 13.0. The van der Waals surface area contributed by atoms with E-state index in [0.29, 0.717) is 5.75 Å². The minimum Gasteiger partial charge on any atom is -0.497 e. The van der Waals surface area contributed by atoms with E-state index < -0.39 is 32.5 Å². The largest absolute Gasteiger partial charge is 0.497 e. The molecule has 1 fully saturated rings. The molecule has 40 heavy (non-hydrogen) atoms. The first-order valence-corrected chi connectivity index (χ1v) is 15.3. The van der Waals surface area contributed by atoms with Crippen LogP contribution in [0.4, 0.5) is 11.4 Å². The van der Waals surface area contributed by atoms with Gasteiger partial charge in [-0.1, -0.05) is 17.7 Å². The second-order valence-corrected chi connectivity index (χ2v) is 12.8. The Labute approximate surface area is 238 Å². The Kier molecular flexibility index (Phi) is 9.21. The smallest absolute Gasteiger partial charge is 0.264 e. The van der Waals surface area contributed by atoms with E-state index in [-0.39, 0.29) is 58.2 Å². The van der Waals surface area contributed by atoms with Crippen LogP contribution >= 0.6 is 11.6 Å². The van der Waals surface area contributed by atoms with Crippen molar-refractivity contribution in [3.05, 3.63) is 71.8 Å². The molecule has 3 aromatic carbocycles. The Morgan fingerprint density at radius 2 is 1.68 bits per heavy atom. The highest BCUT2D eigenvalue weighted by Crippen LogP contribution is 2.31. The molecule has 0 aliphatic carbocycles. The lowest BCUT2D eigenvalue weighted by molar-refractivity contribution is -0.114. The van der Waals surface area contributed by atoms with E-state index in [0.717, 1.165) is 4.31 Å². The summed E-state index contributed by atoms with van der Waals surface area (Å²) in [6.07, 6.45) is 0. The van der Waals surface area contributed by atoms with Crippen molar-refractivity contribution in [3.8, 4) is 11.5 Å². The van der Waals surface area contributed by atoms with E-state index in [4.69, 9.17) is 25.8 Å². The van der Waals surface area contributed by atoms with Gasteiger partial charge in [-0.25, -0.2) is 16.8 Å². The molecule has 214 valence electrons. The normalized spacial score (nSPS) is 14.4. The average molecular weight is 610 g/mol. The molecule has 1 amide bonds. The number of carbonyl (C=O) groups excluding carboxylic acids is 1. The van der Waals surface area contributed by atoms with Crippen molar-refractivity contribution >= 4 is 48.9 Å². The summed E-state index contributed by atoms with van der Waals surface area (Å²) >= 11 is 6.12. The number of rotatable bonds is 10. The minimum absolute atomic E-state index is 0.0654. The molecule has 1 saturated heterocycles. The molecular weight excluding hydrogens is 582 g/mol. The van der Waals surface area contributed by atoms with Crippen molar-refractivity contribution in [2.45, 2.75) is 9.79 Å². The van der Waals surface area contributed by atoms with Crippen LogP contribution in [0, 0.1) is 0 Å². The predicted molar refractivity (Wildman–Crippen MR) is 150 cm³/mol. The maximum Gasteiger partial charge on any atom is 0.264 e. The van der Waals surface area contributed by atoms with Gasteiger partial charge >= 0.3 is 0 Å². The van der Waals surface area contributed by atoms with Crippen LogP contribution in [0.2, 0.25) is 5.02 Å². The molecule has 1 heterocycles. The fourth-order valence-corrected chi connectivity index (χ4v) is 7.22. The molecule has 0 atom stereocenters. The van der Waals surface area contributed by atoms with Crippen molar-refractivity contribution in [2.24, 2.45) is 0 Å². The third-order valence-corrected chi connectivity index (χ3v) is 10.0. The summed E-state index contributed by atoms with van der Waals surface area (Å²) in [5, 5.41) is 2.88. The summed E-state index contributed by atoms with van der Waals surface area (Å²) in [5.41, 5.74) is 0.314. The van der Waals surface area contributed by atoms with Gasteiger partial charge in [-0.2, -0.15) is 4.31 Å². The monoisotopic (exact) mass is 609 g/mol. The number of hydrogen-bond acceptors (Lipinski definition) is 8. The van der Waals surface area contributed by atoms with E-state index in [9.17, 15) is 21.6 Å². The zero-order valence-corrected chi connectivity index (χ0v) is 24.1. The fourth-order valence-electron chi connectivity index (χ4n) is 4.03. The number of morpholine rings is 1. The lowest BCUT2D eigenvalue weighted by Crippen LogP contribution is -2.40. The average Bonchev–Trinajstić information content (AvgIpc) is 2.96. The number of sulfonamides is 2. The van der Waals surface area contributed by atoms with Crippen molar-refractivity contribution in [1.82, 2.24) is 4.31 Å². The molecule has 0 unspecified atom stereocenters. The molecule has 4 rings (SSSR count). The van der Waals surface area contributed by atoms with Crippen molar-refractivity contribution in [1.29, 1.82) is 0 Å². The highest BCUT2D eigenvalue weighted by molar-refractivity contribution is 7.92. The molecule has 0 aromatic heterocycles. The van der Waals surface area contributed by atoms with Crippen molar-refractivity contribution < 1.29 is 35.8 Å². The zero-order chi connectivity index (χ0) is 28.9. The number of benzene rings is 3. The number of nitrogens with one attached hydrogen (secondary N) is 1. The maximum atomic E-state index is 13.6. The van der Waals surface area contributed by atoms with Crippen LogP contribution in [0.5, 0.6) is 11.5 Å². The highest BCUT2D eigenvalue weighted by atomic mass is 35.5. The molecule has 1 N–H and O–H groups in total. The van der Waals surface area contributed by atoms with Crippen LogP contribution in [0.3, 0.4) is 0 Å². The molecule has 0 spiro atoms. The third kappa shape index (κ3) is 6.50. The fraction of sp³-hybridized carbons (Fsp3) is 0.269. The Hall–Kier alpha value is -3.36. The Balaban J connectivity index is 1.64. The van der Waals surface area contributed by atoms with E-state index in [2.05, 4.69) is 5.32 Å². The van der Waals surface area contributed by atoms with E-state index in [1.807, 2.05) is 0 Å². The van der Waals surface area contributed by atoms with Gasteiger partial charge in [0.05, 0.1) is 38.0 Å². The first kappa shape index (κ1) is 29.6. The maximum absolute atomic E-state index is 13.6. The van der Waals surface area contributed by atoms with Crippen LogP contribution in [-0.4, -0.2) is 74.1 Å². The molecule has 0 radical (unpaired) electrons. The number of carbonyl (C=O) groups is 1. The molecular formula is C26H28ClN3O8S2. The van der Waals surface area contributed by atoms with Crippen molar-refractivity contribution in [2.75, 3.05) is 56.7 Å². The number of halogens is 1. The van der Waals surface area contributed by atoms with Crippen LogP contribution in [0.1, 0.15) is 0 Å². The summed E-state index contributed by atoms with van der Waals surface area (Å²) in [6.45, 7) is 0.270. The Bertz CT molecular complexity index is 1580. The number of hydrogen-bond donors (Lipinski definition) is 1. The number of amides is 1. The van der Waals surface area contributed by atoms with E-state index in [1.54, 1.807) is 12.1 Å². The first-order valence-electron chi connectivity index (χ1n) is 12.0. The molecule has 0 bridgehead atoms. The van der Waals surface area contributed by atoms with Gasteiger partial charge in [-0.05, 0) is 60.7 Å². The third-order valence-electron chi connectivity index (χ3n) is 6.07. The van der Waals surface area contributed by atoms with Gasteiger partial charge in [-0.15, -0.1) is 0 Å². The van der Waals surface area contributed by atoms with Gasteiger partial charge < -0.3 is 19.5 Å². The molecule has 3 aromatic rings. The van der Waals surface area contributed by atoms with Crippen LogP contribution in [-0.2, 0) is 29.6 Å². The molecule has 1 aliphatic rings. The van der Waals surface area contributed by atoms with Gasteiger partial charge in [0, 0.05) is 23.8 Å². The van der Waals surface area contributed by atoms with Gasteiger partial charge in [-0.3, -0.25) is 9.10 Å². The van der Waals surface area contributed by atoms with Crippen molar-refractivity contribution in [3.63, 3.8) is 0 Å². The second-order valence-electron chi connectivity index (χ2n) is 8.60. The topological polar surface area (TPSA) is 132 Å². The molecule has 14 heteroatoms. The second kappa shape index (κ2) is 12.4. The minimum atomic E-state index is -4.22. The number of methoxy groups -OCH3 is 2. The van der Waals surface area contributed by atoms with E-state index in [1.165, 1.54) is 73.1 Å². The standard InChI is InChI=1S/C26H28ClN3O8S2/c1-36-22-7-9-23(10-8-22)39(32,33)30(21-5-3-4-19(27)16-21)18-26(31)28-20-6-11-24(37-2)25(17-20)40(34,35)29-12-14-38-15-13-29/h3-11,16-17H,12-15,18H2,1-2H3,(H,28,31). The van der Waals surface area contributed by atoms with Gasteiger partial charge in [0.15, 0.2) is 0 Å². The summed E-state index contributed by atoms with van der Waals surface area (Å²) in [5.74, 6) is -0.141. The first-order chi connectivity index (χ1) is 19.1. The van der Waals surface area contributed by atoms with Crippen LogP contribution in [0.25, 0.3) is 0 Å². The lowest BCUT2D eigenvalue weighted by atomic mass is 10.3. The number of nitrogens with zero attached hydrogens (tertiary/aromatic N) is 2. The lowest BCUT2D eigenvalue weighted by Gasteiger charge is -2.27. The van der Waals surface area contributed by atoms with Crippen LogP contribution in [0.15, 0.2) is 76.5 Å². The summed E-state index contributed by atoms with van der Waals surface area (Å²) < 4.78 is 71.7.